The molecule has 0 bridgehead atoms. The molecule has 1 amide bonds. The molecule has 1 saturated carbocycles. The highest BCUT2D eigenvalue weighted by atomic mass is 35.5. The molecule has 3 heterocycles. The van der Waals surface area contributed by atoms with Crippen molar-refractivity contribution in [3.8, 4) is 5.82 Å². The van der Waals surface area contributed by atoms with Gasteiger partial charge in [-0.05, 0) is 30.0 Å². The summed E-state index contributed by atoms with van der Waals surface area (Å²) in [4.78, 5) is 29.6. The Hall–Kier alpha value is -2.88. The van der Waals surface area contributed by atoms with Crippen LogP contribution in [0.4, 0.5) is 11.8 Å². The number of rotatable bonds is 9. The Morgan fingerprint density at radius 1 is 1.11 bits per heavy atom. The number of nitrogens with one attached hydrogen (secondary N) is 3. The number of aromatic nitrogens is 4. The van der Waals surface area contributed by atoms with Gasteiger partial charge in [0.25, 0.3) is 0 Å². The molecule has 0 unspecified atom stereocenters. The number of nitrogens with zero attached hydrogens (tertiary/aromatic N) is 5. The topological polar surface area (TPSA) is 100 Å². The molecule has 2 fully saturated rings. The molecule has 0 radical (unpaired) electrons. The molecule has 3 N–H and O–H groups in total. The van der Waals surface area contributed by atoms with Gasteiger partial charge in [-0.15, -0.1) is 0 Å². The number of imidazole rings is 1. The van der Waals surface area contributed by atoms with Crippen molar-refractivity contribution in [3.63, 3.8) is 0 Å². The highest BCUT2D eigenvalue weighted by Gasteiger charge is 2.26. The lowest BCUT2D eigenvalue weighted by Gasteiger charge is -2.29. The summed E-state index contributed by atoms with van der Waals surface area (Å²) in [5.74, 6) is 2.39. The van der Waals surface area contributed by atoms with Crippen LogP contribution in [0.3, 0.4) is 0 Å². The molecule has 5 rings (SSSR count). The van der Waals surface area contributed by atoms with E-state index in [0.717, 1.165) is 51.0 Å². The highest BCUT2D eigenvalue weighted by molar-refractivity contribution is 6.35. The van der Waals surface area contributed by atoms with Crippen LogP contribution < -0.4 is 20.9 Å². The van der Waals surface area contributed by atoms with E-state index in [9.17, 15) is 4.79 Å². The smallest absolute Gasteiger partial charge is 0.242 e. The van der Waals surface area contributed by atoms with Crippen LogP contribution in [0, 0.1) is 5.92 Å². The van der Waals surface area contributed by atoms with Crippen LogP contribution in [-0.2, 0) is 11.3 Å². The van der Waals surface area contributed by atoms with Gasteiger partial charge in [0.15, 0.2) is 0 Å². The Morgan fingerprint density at radius 3 is 2.66 bits per heavy atom. The van der Waals surface area contributed by atoms with E-state index in [0.29, 0.717) is 40.1 Å². The maximum absolute atomic E-state index is 13.6. The van der Waals surface area contributed by atoms with E-state index in [1.807, 2.05) is 22.9 Å². The molecule has 11 heteroatoms. The number of amides is 1. The fourth-order valence-corrected chi connectivity index (χ4v) is 5.64. The summed E-state index contributed by atoms with van der Waals surface area (Å²) in [6, 6.07) is 6.76. The van der Waals surface area contributed by atoms with E-state index >= 15 is 0 Å². The van der Waals surface area contributed by atoms with E-state index in [1.165, 1.54) is 19.3 Å². The number of carbonyl (C=O) groups excluding carboxylic acids is 1. The van der Waals surface area contributed by atoms with Gasteiger partial charge in [-0.1, -0.05) is 61.4 Å². The summed E-state index contributed by atoms with van der Waals surface area (Å²) in [6.07, 6.45) is 12.0. The summed E-state index contributed by atoms with van der Waals surface area (Å²) < 4.78 is 1.86. The van der Waals surface area contributed by atoms with Crippen LogP contribution in [0.25, 0.3) is 5.82 Å². The summed E-state index contributed by atoms with van der Waals surface area (Å²) in [7, 11) is 0. The number of halogens is 2. The SMILES string of the molecule is O=C(NCc1ccc(Cl)cc1Cl)[C@@H](CC1CCCCC1)Nc1cc(-n2ccnc2)nc(N2CCNCC2)n1. The van der Waals surface area contributed by atoms with Crippen molar-refractivity contribution >= 4 is 40.9 Å². The predicted molar refractivity (Wildman–Crippen MR) is 151 cm³/mol. The Bertz CT molecular complexity index is 1210. The van der Waals surface area contributed by atoms with E-state index in [-0.39, 0.29) is 5.91 Å². The lowest BCUT2D eigenvalue weighted by molar-refractivity contribution is -0.122. The van der Waals surface area contributed by atoms with Gasteiger partial charge < -0.3 is 20.9 Å². The van der Waals surface area contributed by atoms with E-state index in [2.05, 4.69) is 25.8 Å². The van der Waals surface area contributed by atoms with Gasteiger partial charge in [-0.2, -0.15) is 9.97 Å². The summed E-state index contributed by atoms with van der Waals surface area (Å²) in [5, 5.41) is 11.0. The minimum atomic E-state index is -0.439. The van der Waals surface area contributed by atoms with Crippen molar-refractivity contribution < 1.29 is 4.79 Å². The zero-order chi connectivity index (χ0) is 26.3. The van der Waals surface area contributed by atoms with Crippen molar-refractivity contribution in [2.45, 2.75) is 51.1 Å². The second-order valence-corrected chi connectivity index (χ2v) is 10.9. The fourth-order valence-electron chi connectivity index (χ4n) is 5.17. The van der Waals surface area contributed by atoms with Crippen molar-refractivity contribution in [1.82, 2.24) is 30.2 Å². The number of benzene rings is 1. The lowest BCUT2D eigenvalue weighted by atomic mass is 9.84. The van der Waals surface area contributed by atoms with Crippen LogP contribution in [0.1, 0.15) is 44.1 Å². The maximum atomic E-state index is 13.6. The van der Waals surface area contributed by atoms with E-state index < -0.39 is 6.04 Å². The first kappa shape index (κ1) is 26.7. The first-order chi connectivity index (χ1) is 18.5. The third-order valence-electron chi connectivity index (χ3n) is 7.27. The predicted octanol–water partition coefficient (Wildman–Crippen LogP) is 4.45. The number of hydrogen-bond acceptors (Lipinski definition) is 7. The molecule has 1 saturated heterocycles. The normalized spacial score (nSPS) is 17.3. The Balaban J connectivity index is 1.38. The second-order valence-electron chi connectivity index (χ2n) is 10.0. The van der Waals surface area contributed by atoms with Crippen molar-refractivity contribution in [3.05, 3.63) is 58.6 Å². The van der Waals surface area contributed by atoms with Crippen LogP contribution in [0.15, 0.2) is 43.0 Å². The average Bonchev–Trinajstić information content (AvgIpc) is 3.48. The molecule has 1 aliphatic carbocycles. The third-order valence-corrected chi connectivity index (χ3v) is 7.86. The standard InChI is InChI=1S/C27H34Cl2N8O/c28-21-7-6-20(22(29)15-21)17-32-26(38)23(14-19-4-2-1-3-5-19)33-24-16-25(37-13-10-31-18-37)35-27(34-24)36-11-8-30-9-12-36/h6-7,10,13,15-16,18-19,23,30H,1-5,8-9,11-12,14,17H2,(H,32,38)(H,33,34,35)/t23-/m1/s1. The number of hydrogen-bond donors (Lipinski definition) is 3. The van der Waals surface area contributed by atoms with Gasteiger partial charge in [0.1, 0.15) is 24.0 Å². The zero-order valence-corrected chi connectivity index (χ0v) is 22.9. The molecule has 0 spiro atoms. The summed E-state index contributed by atoms with van der Waals surface area (Å²) >= 11 is 12.4. The molecule has 2 aromatic heterocycles. The summed E-state index contributed by atoms with van der Waals surface area (Å²) in [6.45, 7) is 3.72. The molecular formula is C27H34Cl2N8O. The molecule has 1 atom stereocenters. The Morgan fingerprint density at radius 2 is 1.92 bits per heavy atom. The monoisotopic (exact) mass is 556 g/mol. The molecule has 202 valence electrons. The van der Waals surface area contributed by atoms with Gasteiger partial charge >= 0.3 is 0 Å². The molecule has 1 aromatic carbocycles. The van der Waals surface area contributed by atoms with E-state index in [1.54, 1.807) is 24.7 Å². The number of piperazine rings is 1. The quantitative estimate of drug-likeness (QED) is 0.358. The first-order valence-corrected chi connectivity index (χ1v) is 14.1. The maximum Gasteiger partial charge on any atom is 0.242 e. The fraction of sp³-hybridized carbons (Fsp3) is 0.481. The van der Waals surface area contributed by atoms with Gasteiger partial charge in [0, 0.05) is 61.2 Å². The zero-order valence-electron chi connectivity index (χ0n) is 21.4. The van der Waals surface area contributed by atoms with Crippen LogP contribution in [0.5, 0.6) is 0 Å². The minimum absolute atomic E-state index is 0.0758. The minimum Gasteiger partial charge on any atom is -0.358 e. The molecule has 3 aromatic rings. The molecule has 9 nitrogen and oxygen atoms in total. The average molecular weight is 558 g/mol. The Labute approximate surface area is 233 Å². The highest BCUT2D eigenvalue weighted by Crippen LogP contribution is 2.29. The van der Waals surface area contributed by atoms with Gasteiger partial charge in [-0.3, -0.25) is 9.36 Å². The lowest BCUT2D eigenvalue weighted by Crippen LogP contribution is -2.44. The van der Waals surface area contributed by atoms with Gasteiger partial charge in [0.05, 0.1) is 0 Å². The molecule has 2 aliphatic rings. The third kappa shape index (κ3) is 6.95. The molecule has 1 aliphatic heterocycles. The van der Waals surface area contributed by atoms with Crippen LogP contribution in [0.2, 0.25) is 10.0 Å². The number of carbonyl (C=O) groups is 1. The van der Waals surface area contributed by atoms with Crippen LogP contribution >= 0.6 is 23.2 Å². The molecular weight excluding hydrogens is 523 g/mol. The van der Waals surface area contributed by atoms with Gasteiger partial charge in [-0.25, -0.2) is 4.98 Å². The molecule has 38 heavy (non-hydrogen) atoms. The second kappa shape index (κ2) is 12.8. The number of anilines is 2. The van der Waals surface area contributed by atoms with Crippen molar-refractivity contribution in [2.75, 3.05) is 36.4 Å². The summed E-state index contributed by atoms with van der Waals surface area (Å²) in [5.41, 5.74) is 0.825. The van der Waals surface area contributed by atoms with Crippen molar-refractivity contribution in [1.29, 1.82) is 0 Å². The van der Waals surface area contributed by atoms with Gasteiger partial charge in [0.2, 0.25) is 11.9 Å². The first-order valence-electron chi connectivity index (χ1n) is 13.4. The largest absolute Gasteiger partial charge is 0.358 e. The Kier molecular flexibility index (Phi) is 8.98. The van der Waals surface area contributed by atoms with Crippen molar-refractivity contribution in [2.24, 2.45) is 5.92 Å². The van der Waals surface area contributed by atoms with Crippen LogP contribution in [-0.4, -0.2) is 57.6 Å². The van der Waals surface area contributed by atoms with E-state index in [4.69, 9.17) is 33.2 Å².